The molecule has 0 fully saturated rings. The third-order valence-corrected chi connectivity index (χ3v) is 7.64. The number of carboxylic acid groups (broad SMARTS) is 1. The van der Waals surface area contributed by atoms with Crippen LogP contribution in [-0.4, -0.2) is 63.6 Å². The number of aromatic nitrogens is 1. The molecule has 0 saturated heterocycles. The molecule has 0 saturated carbocycles. The largest absolute Gasteiger partial charge is 0.478 e. The van der Waals surface area contributed by atoms with Crippen molar-refractivity contribution in [2.45, 2.75) is 38.6 Å². The summed E-state index contributed by atoms with van der Waals surface area (Å²) in [6.45, 7) is 2.78. The van der Waals surface area contributed by atoms with Crippen LogP contribution >= 0.6 is 11.3 Å². The van der Waals surface area contributed by atoms with Gasteiger partial charge in [0.1, 0.15) is 5.01 Å². The fraction of sp³-hybridized carbons (Fsp3) is 0.250. The Bertz CT molecular complexity index is 1520. The SMILES string of the molecule is Cc1csc(CN(C)C(=O)c2cccc(C(=O)NC(Cc3ccccc3)C(O)CNCc3cccc(C(=O)O)c3)c2)n1. The van der Waals surface area contributed by atoms with E-state index in [2.05, 4.69) is 15.6 Å². The van der Waals surface area contributed by atoms with Gasteiger partial charge in [0, 0.05) is 42.3 Å². The molecule has 0 bridgehead atoms. The molecule has 42 heavy (non-hydrogen) atoms. The van der Waals surface area contributed by atoms with Crippen molar-refractivity contribution in [3.8, 4) is 0 Å². The van der Waals surface area contributed by atoms with Gasteiger partial charge in [0.05, 0.1) is 24.3 Å². The summed E-state index contributed by atoms with van der Waals surface area (Å²) >= 11 is 1.49. The predicted octanol–water partition coefficient (Wildman–Crippen LogP) is 3.91. The van der Waals surface area contributed by atoms with Crippen molar-refractivity contribution >= 4 is 29.1 Å². The first kappa shape index (κ1) is 30.6. The molecule has 1 aromatic heterocycles. The monoisotopic (exact) mass is 586 g/mol. The minimum atomic E-state index is -1.01. The molecule has 0 radical (unpaired) electrons. The molecule has 0 aliphatic carbocycles. The van der Waals surface area contributed by atoms with E-state index in [1.807, 2.05) is 42.6 Å². The van der Waals surface area contributed by atoms with Crippen LogP contribution in [0.2, 0.25) is 0 Å². The number of hydrogen-bond donors (Lipinski definition) is 4. The van der Waals surface area contributed by atoms with Gasteiger partial charge in [-0.2, -0.15) is 0 Å². The molecule has 4 rings (SSSR count). The average molecular weight is 587 g/mol. The quantitative estimate of drug-likeness (QED) is 0.187. The number of aliphatic hydroxyl groups excluding tert-OH is 1. The van der Waals surface area contributed by atoms with Crippen molar-refractivity contribution in [1.29, 1.82) is 0 Å². The van der Waals surface area contributed by atoms with E-state index in [9.17, 15) is 24.6 Å². The fourth-order valence-corrected chi connectivity index (χ4v) is 5.31. The van der Waals surface area contributed by atoms with Crippen molar-refractivity contribution in [1.82, 2.24) is 20.5 Å². The number of nitrogens with zero attached hydrogens (tertiary/aromatic N) is 2. The number of aromatic carboxylic acids is 1. The van der Waals surface area contributed by atoms with Crippen LogP contribution in [0.5, 0.6) is 0 Å². The van der Waals surface area contributed by atoms with Crippen LogP contribution < -0.4 is 10.6 Å². The highest BCUT2D eigenvalue weighted by molar-refractivity contribution is 7.09. The number of nitrogens with one attached hydrogen (secondary N) is 2. The summed E-state index contributed by atoms with van der Waals surface area (Å²) in [5.74, 6) is -1.64. The van der Waals surface area contributed by atoms with Gasteiger partial charge in [-0.3, -0.25) is 9.59 Å². The van der Waals surface area contributed by atoms with E-state index in [1.54, 1.807) is 54.4 Å². The van der Waals surface area contributed by atoms with Crippen molar-refractivity contribution < 1.29 is 24.6 Å². The fourth-order valence-electron chi connectivity index (χ4n) is 4.49. The second-order valence-electron chi connectivity index (χ2n) is 10.1. The smallest absolute Gasteiger partial charge is 0.335 e. The molecule has 0 spiro atoms. The minimum absolute atomic E-state index is 0.161. The Hall–Kier alpha value is -4.38. The summed E-state index contributed by atoms with van der Waals surface area (Å²) in [5, 5.41) is 29.2. The summed E-state index contributed by atoms with van der Waals surface area (Å²) in [5.41, 5.74) is 3.49. The highest BCUT2D eigenvalue weighted by Crippen LogP contribution is 2.15. The summed E-state index contributed by atoms with van der Waals surface area (Å²) < 4.78 is 0. The van der Waals surface area contributed by atoms with Gasteiger partial charge in [-0.15, -0.1) is 11.3 Å². The normalized spacial score (nSPS) is 12.4. The number of carbonyl (C=O) groups excluding carboxylic acids is 2. The van der Waals surface area contributed by atoms with E-state index in [0.29, 0.717) is 30.6 Å². The zero-order valence-electron chi connectivity index (χ0n) is 23.5. The molecule has 2 atom stereocenters. The topological polar surface area (TPSA) is 132 Å². The zero-order chi connectivity index (χ0) is 30.1. The van der Waals surface area contributed by atoms with E-state index in [0.717, 1.165) is 21.8 Å². The number of amides is 2. The number of thiazole rings is 1. The zero-order valence-corrected chi connectivity index (χ0v) is 24.3. The van der Waals surface area contributed by atoms with Crippen molar-refractivity contribution in [2.75, 3.05) is 13.6 Å². The van der Waals surface area contributed by atoms with Crippen molar-refractivity contribution in [3.05, 3.63) is 123 Å². The van der Waals surface area contributed by atoms with E-state index in [-0.39, 0.29) is 18.0 Å². The Morgan fingerprint density at radius 2 is 1.62 bits per heavy atom. The van der Waals surface area contributed by atoms with Crippen LogP contribution in [0, 0.1) is 6.92 Å². The number of aliphatic hydroxyl groups is 1. The number of hydrogen-bond acceptors (Lipinski definition) is 7. The van der Waals surface area contributed by atoms with E-state index < -0.39 is 24.0 Å². The van der Waals surface area contributed by atoms with Gasteiger partial charge in [-0.25, -0.2) is 9.78 Å². The summed E-state index contributed by atoms with van der Waals surface area (Å²) in [7, 11) is 1.70. The molecule has 4 N–H and O–H groups in total. The minimum Gasteiger partial charge on any atom is -0.478 e. The number of carboxylic acids is 1. The lowest BCUT2D eigenvalue weighted by atomic mass is 10.00. The first-order valence-corrected chi connectivity index (χ1v) is 14.4. The Labute approximate surface area is 248 Å². The van der Waals surface area contributed by atoms with Gasteiger partial charge < -0.3 is 25.7 Å². The van der Waals surface area contributed by atoms with Gasteiger partial charge in [-0.05, 0) is 54.8 Å². The molecule has 1 heterocycles. The van der Waals surface area contributed by atoms with Crippen LogP contribution in [0.15, 0.2) is 84.2 Å². The van der Waals surface area contributed by atoms with Crippen molar-refractivity contribution in [2.24, 2.45) is 0 Å². The maximum atomic E-state index is 13.4. The Kier molecular flexibility index (Phi) is 10.6. The summed E-state index contributed by atoms with van der Waals surface area (Å²) in [4.78, 5) is 43.7. The lowest BCUT2D eigenvalue weighted by Crippen LogP contribution is -2.48. The highest BCUT2D eigenvalue weighted by atomic mass is 32.1. The summed E-state index contributed by atoms with van der Waals surface area (Å²) in [6.07, 6.45) is -0.562. The van der Waals surface area contributed by atoms with E-state index in [1.165, 1.54) is 17.4 Å². The van der Waals surface area contributed by atoms with Crippen LogP contribution in [0.1, 0.15) is 52.9 Å². The highest BCUT2D eigenvalue weighted by Gasteiger charge is 2.23. The second kappa shape index (κ2) is 14.5. The number of rotatable bonds is 13. The van der Waals surface area contributed by atoms with Gasteiger partial charge >= 0.3 is 5.97 Å². The lowest BCUT2D eigenvalue weighted by Gasteiger charge is -2.25. The molecule has 0 aliphatic heterocycles. The standard InChI is InChI=1S/C32H34N4O5S/c1-21-20-42-29(34-21)19-36(2)31(39)25-12-7-11-24(16-25)30(38)35-27(15-22-8-4-3-5-9-22)28(37)18-33-17-23-10-6-13-26(14-23)32(40)41/h3-14,16,20,27-28,33,37H,15,17-19H2,1-2H3,(H,35,38)(H,40,41). The van der Waals surface area contributed by atoms with Crippen molar-refractivity contribution in [3.63, 3.8) is 0 Å². The van der Waals surface area contributed by atoms with Gasteiger partial charge in [0.2, 0.25) is 0 Å². The van der Waals surface area contributed by atoms with Gasteiger partial charge in [0.25, 0.3) is 11.8 Å². The molecular formula is C32H34N4O5S. The van der Waals surface area contributed by atoms with Crippen LogP contribution in [-0.2, 0) is 19.5 Å². The maximum absolute atomic E-state index is 13.4. The van der Waals surface area contributed by atoms with Crippen LogP contribution in [0.4, 0.5) is 0 Å². The van der Waals surface area contributed by atoms with Crippen LogP contribution in [0.3, 0.4) is 0 Å². The second-order valence-corrected chi connectivity index (χ2v) is 11.0. The molecule has 0 aliphatic rings. The maximum Gasteiger partial charge on any atom is 0.335 e. The molecule has 2 unspecified atom stereocenters. The molecule has 9 nitrogen and oxygen atoms in total. The average Bonchev–Trinajstić information content (AvgIpc) is 3.41. The van der Waals surface area contributed by atoms with Gasteiger partial charge in [0.15, 0.2) is 0 Å². The molecule has 3 aromatic carbocycles. The van der Waals surface area contributed by atoms with E-state index >= 15 is 0 Å². The number of benzene rings is 3. The molecule has 4 aromatic rings. The van der Waals surface area contributed by atoms with Gasteiger partial charge in [-0.1, -0.05) is 48.5 Å². The summed E-state index contributed by atoms with van der Waals surface area (Å²) in [6, 6.07) is 22.0. The molecule has 10 heteroatoms. The van der Waals surface area contributed by atoms with Crippen LogP contribution in [0.25, 0.3) is 0 Å². The Morgan fingerprint density at radius 3 is 2.33 bits per heavy atom. The number of carbonyl (C=O) groups is 3. The first-order chi connectivity index (χ1) is 20.2. The first-order valence-electron chi connectivity index (χ1n) is 13.5. The third kappa shape index (κ3) is 8.56. The Balaban J connectivity index is 1.42. The predicted molar refractivity (Wildman–Crippen MR) is 162 cm³/mol. The lowest BCUT2D eigenvalue weighted by molar-refractivity contribution is 0.0695. The molecule has 2 amide bonds. The number of aryl methyl sites for hydroxylation is 1. The molecule has 218 valence electrons. The molecular weight excluding hydrogens is 552 g/mol. The third-order valence-electron chi connectivity index (χ3n) is 6.69. The Morgan fingerprint density at radius 1 is 0.929 bits per heavy atom. The van der Waals surface area contributed by atoms with E-state index in [4.69, 9.17) is 0 Å².